The Morgan fingerprint density at radius 3 is 2.33 bits per heavy atom. The second-order valence-electron chi connectivity index (χ2n) is 1.95. The lowest BCUT2D eigenvalue weighted by Crippen LogP contribution is -1.81. The minimum atomic E-state index is -0.639. The van der Waals surface area contributed by atoms with Crippen LogP contribution in [0.15, 0.2) is 24.3 Å². The van der Waals surface area contributed by atoms with Crippen LogP contribution in [-0.2, 0) is 0 Å². The summed E-state index contributed by atoms with van der Waals surface area (Å²) in [7, 11) is 11.5. The summed E-state index contributed by atoms with van der Waals surface area (Å²) >= 11 is -0.639. The van der Waals surface area contributed by atoms with Gasteiger partial charge in [-0.1, -0.05) is 12.1 Å². The van der Waals surface area contributed by atoms with Gasteiger partial charge >= 0.3 is 18.2 Å². The molecule has 0 aliphatic rings. The first kappa shape index (κ1) is 12.4. The topological polar surface area (TPSA) is 9.23 Å². The Morgan fingerprint density at radius 1 is 1.42 bits per heavy atom. The molecule has 0 amide bonds. The van der Waals surface area contributed by atoms with E-state index in [1.807, 2.05) is 24.3 Å². The van der Waals surface area contributed by atoms with Crippen molar-refractivity contribution in [3.8, 4) is 5.75 Å². The largest absolute Gasteiger partial charge is 0.618 e. The van der Waals surface area contributed by atoms with Crippen LogP contribution in [0.1, 0.15) is 5.56 Å². The maximum Gasteiger partial charge on any atom is 0.618 e. The van der Waals surface area contributed by atoms with Gasteiger partial charge in [0.1, 0.15) is 5.75 Å². The van der Waals surface area contributed by atoms with Gasteiger partial charge in [-0.3, -0.25) is 0 Å². The minimum absolute atomic E-state index is 0.639. The van der Waals surface area contributed by atoms with Gasteiger partial charge in [-0.2, -0.15) is 0 Å². The van der Waals surface area contributed by atoms with Gasteiger partial charge in [0, 0.05) is 0 Å². The molecule has 0 saturated carbocycles. The first-order chi connectivity index (χ1) is 5.74. The van der Waals surface area contributed by atoms with Crippen molar-refractivity contribution < 1.29 is 4.74 Å². The van der Waals surface area contributed by atoms with Crippen LogP contribution in [0.25, 0.3) is 0 Å². The Balaban J connectivity index is 0.000000354. The summed E-state index contributed by atoms with van der Waals surface area (Å²) in [6, 6.07) is 7.64. The number of halogens is 2. The zero-order valence-electron chi connectivity index (χ0n) is 6.89. The quantitative estimate of drug-likeness (QED) is 0.656. The summed E-state index contributed by atoms with van der Waals surface area (Å²) in [5, 5.41) is 0. The van der Waals surface area contributed by atoms with Crippen molar-refractivity contribution in [3.63, 3.8) is 0 Å². The lowest BCUT2D eigenvalue weighted by Gasteiger charge is -1.97. The van der Waals surface area contributed by atoms with Crippen molar-refractivity contribution in [3.05, 3.63) is 36.8 Å². The molecule has 1 aromatic carbocycles. The summed E-state index contributed by atoms with van der Waals surface area (Å²) in [5.74, 6) is 0.863. The summed E-state index contributed by atoms with van der Waals surface area (Å²) < 4.78 is 4.96. The monoisotopic (exact) mass is 215 g/mol. The Bertz CT molecular complexity index is 218. The molecule has 0 atom stereocenters. The van der Waals surface area contributed by atoms with E-state index in [9.17, 15) is 0 Å². The summed E-state index contributed by atoms with van der Waals surface area (Å²) in [5.41, 5.74) is 0.981. The van der Waals surface area contributed by atoms with Crippen LogP contribution in [0.2, 0.25) is 0 Å². The van der Waals surface area contributed by atoms with E-state index in [0.717, 1.165) is 11.3 Å². The van der Waals surface area contributed by atoms with Crippen LogP contribution in [-0.4, -0.2) is 25.3 Å². The lowest BCUT2D eigenvalue weighted by atomic mass is 10.2. The molecule has 0 fully saturated rings. The summed E-state index contributed by atoms with van der Waals surface area (Å²) in [6.45, 7) is 3.75. The van der Waals surface area contributed by atoms with E-state index in [1.165, 1.54) is 0 Å². The molecule has 0 heterocycles. The smallest absolute Gasteiger partial charge is 0.497 e. The maximum atomic E-state index is 4.96. The fourth-order valence-electron chi connectivity index (χ4n) is 0.672. The predicted octanol–water partition coefficient (Wildman–Crippen LogP) is 2.88. The second-order valence-corrected chi connectivity index (χ2v) is 4.58. The first-order valence-corrected chi connectivity index (χ1v) is 7.60. The molecule has 0 N–H and O–H groups in total. The Morgan fingerprint density at radius 2 is 2.00 bits per heavy atom. The average Bonchev–Trinajstić information content (AvgIpc) is 2.06. The van der Waals surface area contributed by atoms with Gasteiger partial charge < -0.3 is 22.9 Å². The highest BCUT2D eigenvalue weighted by atomic mass is 35.6. The first-order valence-electron chi connectivity index (χ1n) is 3.32. The highest BCUT2D eigenvalue weighted by molar-refractivity contribution is 7.22. The minimum Gasteiger partial charge on any atom is -0.497 e. The molecule has 0 spiro atoms. The number of benzene rings is 1. The van der Waals surface area contributed by atoms with E-state index in [0.29, 0.717) is 0 Å². The van der Waals surface area contributed by atoms with Gasteiger partial charge in [-0.25, -0.2) is 0 Å². The van der Waals surface area contributed by atoms with E-state index in [4.69, 9.17) is 22.9 Å². The molecular weight excluding hydrogens is 207 g/mol. The maximum absolute atomic E-state index is 4.96. The molecular formula is C8H9Cl2MgO. The lowest BCUT2D eigenvalue weighted by molar-refractivity contribution is 0.414. The van der Waals surface area contributed by atoms with E-state index in [1.54, 1.807) is 7.11 Å². The van der Waals surface area contributed by atoms with Crippen molar-refractivity contribution in [2.45, 2.75) is 0 Å². The van der Waals surface area contributed by atoms with Crippen molar-refractivity contribution in [2.75, 3.05) is 7.11 Å². The molecule has 0 aliphatic heterocycles. The molecule has 1 nitrogen and oxygen atoms in total. The van der Waals surface area contributed by atoms with Crippen molar-refractivity contribution in [1.29, 1.82) is 0 Å². The van der Waals surface area contributed by atoms with E-state index in [-0.39, 0.29) is 0 Å². The molecule has 4 heteroatoms. The van der Waals surface area contributed by atoms with Crippen LogP contribution >= 0.6 is 18.1 Å². The van der Waals surface area contributed by atoms with E-state index in [2.05, 4.69) is 6.92 Å². The second kappa shape index (κ2) is 7.99. The molecule has 63 valence electrons. The van der Waals surface area contributed by atoms with Crippen LogP contribution in [0.3, 0.4) is 0 Å². The third-order valence-corrected chi connectivity index (χ3v) is 1.13. The van der Waals surface area contributed by atoms with Gasteiger partial charge in [0.25, 0.3) is 0 Å². The number of hydrogen-bond donors (Lipinski definition) is 0. The molecule has 1 rings (SSSR count). The van der Waals surface area contributed by atoms with Gasteiger partial charge in [-0.05, 0) is 24.6 Å². The molecule has 0 bridgehead atoms. The molecule has 0 unspecified atom stereocenters. The summed E-state index contributed by atoms with van der Waals surface area (Å²) in [6.07, 6.45) is 0. The van der Waals surface area contributed by atoms with Crippen molar-refractivity contribution in [1.82, 2.24) is 0 Å². The third-order valence-electron chi connectivity index (χ3n) is 1.13. The van der Waals surface area contributed by atoms with Crippen LogP contribution < -0.4 is 4.74 Å². The Kier molecular flexibility index (Phi) is 8.23. The van der Waals surface area contributed by atoms with Gasteiger partial charge in [0.2, 0.25) is 0 Å². The zero-order chi connectivity index (χ0) is 9.40. The highest BCUT2D eigenvalue weighted by Crippen LogP contribution is 2.10. The standard InChI is InChI=1S/C8H9O.2ClH.Mg/c1-7-4-3-5-8(6-7)9-2;;;/h3-6H,1H2,2H3;2*1H;/q;;;+2/p-2. The van der Waals surface area contributed by atoms with Crippen molar-refractivity contribution in [2.24, 2.45) is 0 Å². The molecule has 0 aliphatic carbocycles. The predicted molar refractivity (Wildman–Crippen MR) is 54.9 cm³/mol. The molecule has 0 saturated heterocycles. The molecule has 1 aromatic rings. The van der Waals surface area contributed by atoms with Gasteiger partial charge in [-0.15, -0.1) is 0 Å². The molecule has 12 heavy (non-hydrogen) atoms. The number of methoxy groups -OCH3 is 1. The van der Waals surface area contributed by atoms with E-state index >= 15 is 0 Å². The van der Waals surface area contributed by atoms with E-state index < -0.39 is 18.2 Å². The number of ether oxygens (including phenoxy) is 1. The molecule has 1 radical (unpaired) electrons. The molecule has 0 aromatic heterocycles. The van der Waals surface area contributed by atoms with Crippen LogP contribution in [0, 0.1) is 6.92 Å². The van der Waals surface area contributed by atoms with Crippen LogP contribution in [0.5, 0.6) is 5.75 Å². The summed E-state index contributed by atoms with van der Waals surface area (Å²) in [4.78, 5) is 0. The number of rotatable bonds is 1. The zero-order valence-corrected chi connectivity index (χ0v) is 9.81. The average molecular weight is 216 g/mol. The normalized spacial score (nSPS) is 7.67. The van der Waals surface area contributed by atoms with Gasteiger partial charge in [0.05, 0.1) is 7.11 Å². The SMILES string of the molecule is [CH2]c1cccc(OC)c1.[Cl][Mg][Cl]. The number of hydrogen-bond acceptors (Lipinski definition) is 1. The van der Waals surface area contributed by atoms with Crippen LogP contribution in [0.4, 0.5) is 0 Å². The Labute approximate surface area is 90.3 Å². The third kappa shape index (κ3) is 5.95. The van der Waals surface area contributed by atoms with Crippen molar-refractivity contribution >= 4 is 36.3 Å². The highest BCUT2D eigenvalue weighted by Gasteiger charge is 1.86. The Hall–Kier alpha value is 0.366. The fourth-order valence-corrected chi connectivity index (χ4v) is 0.672. The fraction of sp³-hybridized carbons (Fsp3) is 0.125. The van der Waals surface area contributed by atoms with Gasteiger partial charge in [0.15, 0.2) is 0 Å².